The molecule has 0 atom stereocenters. The third-order valence-corrected chi connectivity index (χ3v) is 1.87. The third kappa shape index (κ3) is 5.58. The quantitative estimate of drug-likeness (QED) is 0.614. The second-order valence-electron chi connectivity index (χ2n) is 3.21. The minimum absolute atomic E-state index is 0.489. The van der Waals surface area contributed by atoms with Crippen LogP contribution in [0.4, 0.5) is 9.59 Å². The standard InChI is InChI=1S/C11H13N5O4/c1-19-10(17)15-12-6-8-4-3-5-9(14-8)7-13-16-11(18)20-2/h3-7H,1-2H3,(H,15,17)(H,16,18). The van der Waals surface area contributed by atoms with Crippen LogP contribution in [0.1, 0.15) is 11.4 Å². The van der Waals surface area contributed by atoms with Gasteiger partial charge in [-0.05, 0) is 12.1 Å². The van der Waals surface area contributed by atoms with Gasteiger partial charge in [-0.25, -0.2) is 25.4 Å². The highest BCUT2D eigenvalue weighted by Crippen LogP contribution is 1.94. The Kier molecular flexibility index (Phi) is 6.18. The summed E-state index contributed by atoms with van der Waals surface area (Å²) in [5, 5.41) is 7.26. The zero-order valence-electron chi connectivity index (χ0n) is 10.9. The van der Waals surface area contributed by atoms with Crippen molar-refractivity contribution < 1.29 is 19.1 Å². The Morgan fingerprint density at radius 3 is 1.90 bits per heavy atom. The van der Waals surface area contributed by atoms with E-state index < -0.39 is 12.2 Å². The molecule has 0 saturated carbocycles. The molecular weight excluding hydrogens is 266 g/mol. The number of carbonyl (C=O) groups excluding carboxylic acids is 2. The summed E-state index contributed by atoms with van der Waals surface area (Å²) in [7, 11) is 2.46. The Labute approximate surface area is 114 Å². The largest absolute Gasteiger partial charge is 0.452 e. The molecule has 0 aromatic carbocycles. The minimum atomic E-state index is -0.679. The Bertz CT molecular complexity index is 486. The second kappa shape index (κ2) is 8.19. The predicted octanol–water partition coefficient (Wildman–Crippen LogP) is 0.461. The predicted molar refractivity (Wildman–Crippen MR) is 70.5 cm³/mol. The van der Waals surface area contributed by atoms with Crippen molar-refractivity contribution in [1.29, 1.82) is 0 Å². The van der Waals surface area contributed by atoms with E-state index in [2.05, 4.69) is 35.5 Å². The number of nitrogens with one attached hydrogen (secondary N) is 2. The van der Waals surface area contributed by atoms with Crippen LogP contribution < -0.4 is 10.9 Å². The van der Waals surface area contributed by atoms with Crippen molar-refractivity contribution in [2.75, 3.05) is 14.2 Å². The van der Waals surface area contributed by atoms with E-state index >= 15 is 0 Å². The average molecular weight is 279 g/mol. The summed E-state index contributed by atoms with van der Waals surface area (Å²) >= 11 is 0. The molecule has 1 rings (SSSR count). The maximum absolute atomic E-state index is 10.8. The highest BCUT2D eigenvalue weighted by Gasteiger charge is 1.96. The summed E-state index contributed by atoms with van der Waals surface area (Å²) in [6, 6.07) is 5.06. The molecule has 20 heavy (non-hydrogen) atoms. The van der Waals surface area contributed by atoms with Crippen LogP contribution in [0.5, 0.6) is 0 Å². The van der Waals surface area contributed by atoms with Crippen molar-refractivity contribution in [3.05, 3.63) is 29.6 Å². The van der Waals surface area contributed by atoms with Crippen molar-refractivity contribution in [1.82, 2.24) is 15.8 Å². The number of hydrogen-bond acceptors (Lipinski definition) is 7. The number of carbonyl (C=O) groups is 2. The topological polar surface area (TPSA) is 114 Å². The molecule has 2 amide bonds. The molecule has 106 valence electrons. The first-order valence-corrected chi connectivity index (χ1v) is 5.37. The number of nitrogens with zero attached hydrogens (tertiary/aromatic N) is 3. The number of rotatable bonds is 4. The van der Waals surface area contributed by atoms with Gasteiger partial charge in [0.15, 0.2) is 0 Å². The lowest BCUT2D eigenvalue weighted by Gasteiger charge is -1.98. The van der Waals surface area contributed by atoms with Gasteiger partial charge in [0.25, 0.3) is 0 Å². The van der Waals surface area contributed by atoms with Crippen LogP contribution in [0.15, 0.2) is 28.4 Å². The molecule has 1 aromatic rings. The minimum Gasteiger partial charge on any atom is -0.452 e. The first-order valence-electron chi connectivity index (χ1n) is 5.37. The zero-order valence-corrected chi connectivity index (χ0v) is 10.9. The lowest BCUT2D eigenvalue weighted by molar-refractivity contribution is 0.170. The lowest BCUT2D eigenvalue weighted by Crippen LogP contribution is -2.17. The molecule has 0 fully saturated rings. The van der Waals surface area contributed by atoms with Gasteiger partial charge in [-0.15, -0.1) is 0 Å². The van der Waals surface area contributed by atoms with Gasteiger partial charge in [0, 0.05) is 0 Å². The van der Waals surface area contributed by atoms with Gasteiger partial charge in [0.05, 0.1) is 38.0 Å². The second-order valence-corrected chi connectivity index (χ2v) is 3.21. The van der Waals surface area contributed by atoms with Crippen molar-refractivity contribution in [2.24, 2.45) is 10.2 Å². The first-order chi connectivity index (χ1) is 9.65. The Morgan fingerprint density at radius 1 is 1.05 bits per heavy atom. The molecule has 0 aliphatic rings. The van der Waals surface area contributed by atoms with E-state index in [4.69, 9.17) is 0 Å². The van der Waals surface area contributed by atoms with Gasteiger partial charge in [0.1, 0.15) is 0 Å². The van der Waals surface area contributed by atoms with E-state index in [0.29, 0.717) is 11.4 Å². The molecule has 0 bridgehead atoms. The molecule has 9 heteroatoms. The van der Waals surface area contributed by atoms with E-state index in [0.717, 1.165) is 0 Å². The van der Waals surface area contributed by atoms with Gasteiger partial charge < -0.3 is 9.47 Å². The smallest absolute Gasteiger partial charge is 0.427 e. The molecule has 0 aliphatic carbocycles. The number of aromatic nitrogens is 1. The summed E-state index contributed by atoms with van der Waals surface area (Å²) in [5.74, 6) is 0. The molecule has 0 saturated heterocycles. The van der Waals surface area contributed by atoms with Gasteiger partial charge in [0.2, 0.25) is 0 Å². The van der Waals surface area contributed by atoms with E-state index in [-0.39, 0.29) is 0 Å². The van der Waals surface area contributed by atoms with Crippen molar-refractivity contribution in [2.45, 2.75) is 0 Å². The first kappa shape index (κ1) is 15.1. The molecule has 2 N–H and O–H groups in total. The van der Waals surface area contributed by atoms with E-state index in [1.165, 1.54) is 26.6 Å². The van der Waals surface area contributed by atoms with E-state index in [9.17, 15) is 9.59 Å². The Balaban J connectivity index is 2.61. The molecule has 9 nitrogen and oxygen atoms in total. The van der Waals surface area contributed by atoms with Crippen molar-refractivity contribution in [3.63, 3.8) is 0 Å². The van der Waals surface area contributed by atoms with Gasteiger partial charge in [-0.3, -0.25) is 0 Å². The molecule has 0 unspecified atom stereocenters. The van der Waals surface area contributed by atoms with Crippen LogP contribution in [0, 0.1) is 0 Å². The van der Waals surface area contributed by atoms with Crippen LogP contribution >= 0.6 is 0 Å². The normalized spacial score (nSPS) is 10.5. The SMILES string of the molecule is COC(=O)NN=Cc1cccc(C=NNC(=O)OC)n1. The molecular formula is C11H13N5O4. The van der Waals surface area contributed by atoms with Crippen LogP contribution in [0.25, 0.3) is 0 Å². The highest BCUT2D eigenvalue weighted by molar-refractivity contribution is 5.82. The summed E-state index contributed by atoms with van der Waals surface area (Å²) in [5.41, 5.74) is 5.23. The maximum Gasteiger partial charge on any atom is 0.427 e. The van der Waals surface area contributed by atoms with E-state index in [1.807, 2.05) is 0 Å². The molecule has 0 spiro atoms. The Hall–Kier alpha value is -2.97. The van der Waals surface area contributed by atoms with E-state index in [1.54, 1.807) is 18.2 Å². The summed E-state index contributed by atoms with van der Waals surface area (Å²) in [6.45, 7) is 0. The summed E-state index contributed by atoms with van der Waals surface area (Å²) in [4.78, 5) is 25.7. The molecule has 1 aromatic heterocycles. The van der Waals surface area contributed by atoms with Crippen LogP contribution in [-0.4, -0.2) is 43.8 Å². The number of pyridine rings is 1. The number of ether oxygens (including phenoxy) is 2. The van der Waals surface area contributed by atoms with Crippen molar-refractivity contribution in [3.8, 4) is 0 Å². The third-order valence-electron chi connectivity index (χ3n) is 1.87. The number of methoxy groups -OCH3 is 2. The lowest BCUT2D eigenvalue weighted by atomic mass is 10.3. The number of hydrazone groups is 2. The monoisotopic (exact) mass is 279 g/mol. The van der Waals surface area contributed by atoms with Crippen molar-refractivity contribution >= 4 is 24.6 Å². The molecule has 0 radical (unpaired) electrons. The van der Waals surface area contributed by atoms with Crippen LogP contribution in [0.2, 0.25) is 0 Å². The highest BCUT2D eigenvalue weighted by atomic mass is 16.5. The summed E-state index contributed by atoms with van der Waals surface area (Å²) in [6.07, 6.45) is 1.31. The Morgan fingerprint density at radius 2 is 1.50 bits per heavy atom. The fourth-order valence-electron chi connectivity index (χ4n) is 1.01. The number of amides is 2. The fraction of sp³-hybridized carbons (Fsp3) is 0.182. The zero-order chi connectivity index (χ0) is 14.8. The molecule has 0 aliphatic heterocycles. The number of hydrogen-bond donors (Lipinski definition) is 2. The molecule has 1 heterocycles. The van der Waals surface area contributed by atoms with Gasteiger partial charge in [-0.1, -0.05) is 6.07 Å². The van der Waals surface area contributed by atoms with Crippen LogP contribution in [-0.2, 0) is 9.47 Å². The van der Waals surface area contributed by atoms with Gasteiger partial charge in [-0.2, -0.15) is 10.2 Å². The summed E-state index contributed by atoms with van der Waals surface area (Å²) < 4.78 is 8.68. The maximum atomic E-state index is 10.8. The fourth-order valence-corrected chi connectivity index (χ4v) is 1.01. The average Bonchev–Trinajstić information content (AvgIpc) is 2.47. The van der Waals surface area contributed by atoms with Crippen LogP contribution in [0.3, 0.4) is 0 Å². The van der Waals surface area contributed by atoms with Gasteiger partial charge >= 0.3 is 12.2 Å².